The van der Waals surface area contributed by atoms with Crippen molar-refractivity contribution in [2.45, 2.75) is 58.6 Å². The van der Waals surface area contributed by atoms with Crippen molar-refractivity contribution in [2.24, 2.45) is 0 Å². The number of Topliss-reactive ketones (excluding diaryl/α,β-unsaturated/α-hetero) is 1. The Morgan fingerprint density at radius 1 is 1.00 bits per heavy atom. The minimum atomic E-state index is -0.762. The Bertz CT molecular complexity index is 1320. The molecule has 2 atom stereocenters. The molecule has 2 aromatic rings. The van der Waals surface area contributed by atoms with Crippen molar-refractivity contribution in [3.8, 4) is 17.2 Å². The van der Waals surface area contributed by atoms with E-state index in [1.165, 1.54) is 0 Å². The quantitative estimate of drug-likeness (QED) is 0.167. The smallest absolute Gasteiger partial charge is 0.295 e. The lowest BCUT2D eigenvalue weighted by Gasteiger charge is -2.29. The maximum absolute atomic E-state index is 13.6. The Kier molecular flexibility index (Phi) is 9.69. The Morgan fingerprint density at radius 2 is 1.81 bits per heavy atom. The summed E-state index contributed by atoms with van der Waals surface area (Å²) in [5, 5.41) is 11.6. The number of aliphatic hydroxyl groups excluding tert-OH is 1. The number of hydrogen-bond acceptors (Lipinski definition) is 8. The molecule has 0 unspecified atom stereocenters. The van der Waals surface area contributed by atoms with Crippen LogP contribution in [0.5, 0.6) is 17.2 Å². The molecule has 3 aliphatic heterocycles. The first-order valence-corrected chi connectivity index (χ1v) is 15.2. The second-order valence-electron chi connectivity index (χ2n) is 11.1. The van der Waals surface area contributed by atoms with E-state index in [9.17, 15) is 14.7 Å². The number of amides is 1. The molecule has 0 aromatic heterocycles. The first-order valence-electron chi connectivity index (χ1n) is 15.2. The van der Waals surface area contributed by atoms with Gasteiger partial charge in [0.2, 0.25) is 0 Å². The third kappa shape index (κ3) is 6.42. The van der Waals surface area contributed by atoms with Gasteiger partial charge in [0.25, 0.3) is 11.7 Å². The van der Waals surface area contributed by atoms with Crippen LogP contribution in [0, 0.1) is 0 Å². The van der Waals surface area contributed by atoms with Gasteiger partial charge >= 0.3 is 0 Å². The number of unbranched alkanes of at least 4 members (excludes halogenated alkanes) is 1. The lowest BCUT2D eigenvalue weighted by atomic mass is 9.94. The van der Waals surface area contributed by atoms with Crippen LogP contribution in [-0.4, -0.2) is 85.3 Å². The molecule has 9 nitrogen and oxygen atoms in total. The fourth-order valence-electron chi connectivity index (χ4n) is 5.88. The molecular formula is C33H42N2O7. The summed E-state index contributed by atoms with van der Waals surface area (Å²) in [4.78, 5) is 31.0. The molecule has 0 bridgehead atoms. The van der Waals surface area contributed by atoms with Gasteiger partial charge in [-0.1, -0.05) is 19.4 Å². The van der Waals surface area contributed by atoms with Gasteiger partial charge in [-0.15, -0.1) is 0 Å². The summed E-state index contributed by atoms with van der Waals surface area (Å²) in [7, 11) is 0. The molecule has 0 spiro atoms. The van der Waals surface area contributed by atoms with Crippen molar-refractivity contribution in [3.63, 3.8) is 0 Å². The first-order chi connectivity index (χ1) is 20.4. The van der Waals surface area contributed by atoms with Crippen molar-refractivity contribution < 1.29 is 33.6 Å². The first kappa shape index (κ1) is 29.9. The number of carbonyl (C=O) groups is 2. The predicted octanol–water partition coefficient (Wildman–Crippen LogP) is 4.73. The number of morpholine rings is 1. The second kappa shape index (κ2) is 13.6. The largest absolute Gasteiger partial charge is 0.507 e. The van der Waals surface area contributed by atoms with Gasteiger partial charge in [0, 0.05) is 38.2 Å². The molecule has 42 heavy (non-hydrogen) atoms. The number of nitrogens with zero attached hydrogens (tertiary/aromatic N) is 2. The number of ketones is 1. The van der Waals surface area contributed by atoms with Crippen LogP contribution in [0.2, 0.25) is 0 Å². The van der Waals surface area contributed by atoms with E-state index < -0.39 is 17.7 Å². The molecule has 5 rings (SSSR count). The summed E-state index contributed by atoms with van der Waals surface area (Å²) < 4.78 is 23.2. The summed E-state index contributed by atoms with van der Waals surface area (Å²) in [6.45, 7) is 11.2. The molecule has 2 fully saturated rings. The number of aliphatic hydroxyl groups is 1. The number of rotatable bonds is 12. The highest BCUT2D eigenvalue weighted by atomic mass is 16.5. The van der Waals surface area contributed by atoms with E-state index >= 15 is 0 Å². The van der Waals surface area contributed by atoms with Crippen LogP contribution < -0.4 is 14.2 Å². The summed E-state index contributed by atoms with van der Waals surface area (Å²) >= 11 is 0. The van der Waals surface area contributed by atoms with Crippen molar-refractivity contribution in [2.75, 3.05) is 52.6 Å². The van der Waals surface area contributed by atoms with Crippen LogP contribution in [0.4, 0.5) is 0 Å². The summed E-state index contributed by atoms with van der Waals surface area (Å²) in [5.74, 6) is 0.467. The Balaban J connectivity index is 1.51. The van der Waals surface area contributed by atoms with E-state index in [1.807, 2.05) is 44.2 Å². The monoisotopic (exact) mass is 578 g/mol. The Hall–Kier alpha value is -3.56. The molecule has 1 amide bonds. The van der Waals surface area contributed by atoms with Crippen LogP contribution in [0.3, 0.4) is 0 Å². The van der Waals surface area contributed by atoms with Crippen LogP contribution in [0.25, 0.3) is 5.76 Å². The number of fused-ring (bicyclic) bond motifs is 1. The van der Waals surface area contributed by atoms with E-state index in [-0.39, 0.29) is 17.4 Å². The van der Waals surface area contributed by atoms with Gasteiger partial charge in [0.05, 0.1) is 38.0 Å². The van der Waals surface area contributed by atoms with E-state index in [0.29, 0.717) is 68.4 Å². The highest BCUT2D eigenvalue weighted by Gasteiger charge is 2.46. The standard InChI is InChI=1S/C33H42N2O7/c1-4-6-16-41-27-11-8-23(21-28(27)40-5-2)30-29(31(36)24-9-10-26-25(20-24)19-22(3)42-26)32(37)33(38)35(30)13-7-12-34-14-17-39-18-15-34/h8-11,20-22,30,36H,4-7,12-19H2,1-3H3/t22-,30-/m0/s1. The maximum Gasteiger partial charge on any atom is 0.295 e. The van der Waals surface area contributed by atoms with Crippen molar-refractivity contribution in [1.29, 1.82) is 0 Å². The third-order valence-electron chi connectivity index (χ3n) is 8.03. The normalized spacial score (nSPS) is 21.8. The summed E-state index contributed by atoms with van der Waals surface area (Å²) in [5.41, 5.74) is 2.23. The zero-order chi connectivity index (χ0) is 29.6. The van der Waals surface area contributed by atoms with E-state index in [4.69, 9.17) is 18.9 Å². The molecule has 2 aromatic carbocycles. The Morgan fingerprint density at radius 3 is 2.57 bits per heavy atom. The van der Waals surface area contributed by atoms with Gasteiger partial charge in [-0.3, -0.25) is 14.5 Å². The van der Waals surface area contributed by atoms with Crippen molar-refractivity contribution in [1.82, 2.24) is 9.80 Å². The van der Waals surface area contributed by atoms with Gasteiger partial charge in [0.15, 0.2) is 11.5 Å². The number of ether oxygens (including phenoxy) is 4. The minimum absolute atomic E-state index is 0.0458. The molecular weight excluding hydrogens is 536 g/mol. The zero-order valence-corrected chi connectivity index (χ0v) is 24.9. The molecule has 1 N–H and O–H groups in total. The van der Waals surface area contributed by atoms with Crippen LogP contribution in [-0.2, 0) is 20.7 Å². The van der Waals surface area contributed by atoms with E-state index in [0.717, 1.165) is 43.8 Å². The van der Waals surface area contributed by atoms with Crippen molar-refractivity contribution in [3.05, 3.63) is 58.7 Å². The molecule has 0 saturated carbocycles. The summed E-state index contributed by atoms with van der Waals surface area (Å²) in [6.07, 6.45) is 3.38. The molecule has 2 saturated heterocycles. The topological polar surface area (TPSA) is 97.8 Å². The number of benzene rings is 2. The molecule has 9 heteroatoms. The number of likely N-dealkylation sites (tertiary alicyclic amines) is 1. The van der Waals surface area contributed by atoms with Crippen LogP contribution in [0.1, 0.15) is 62.8 Å². The fraction of sp³-hybridized carbons (Fsp3) is 0.515. The van der Waals surface area contributed by atoms with Crippen LogP contribution in [0.15, 0.2) is 42.0 Å². The molecule has 0 aliphatic carbocycles. The molecule has 0 radical (unpaired) electrons. The van der Waals surface area contributed by atoms with Gasteiger partial charge in [-0.2, -0.15) is 0 Å². The SMILES string of the molecule is CCCCOc1ccc([C@H]2C(=C(O)c3ccc4c(c3)C[C@H](C)O4)C(=O)C(=O)N2CCCN2CCOCC2)cc1OCC. The van der Waals surface area contributed by atoms with Gasteiger partial charge in [-0.05, 0) is 68.1 Å². The second-order valence-corrected chi connectivity index (χ2v) is 11.1. The highest BCUT2D eigenvalue weighted by molar-refractivity contribution is 6.46. The van der Waals surface area contributed by atoms with Gasteiger partial charge in [0.1, 0.15) is 17.6 Å². The molecule has 3 heterocycles. The maximum atomic E-state index is 13.6. The summed E-state index contributed by atoms with van der Waals surface area (Å²) in [6, 6.07) is 10.2. The zero-order valence-electron chi connectivity index (χ0n) is 24.9. The molecule has 3 aliphatic rings. The fourth-order valence-corrected chi connectivity index (χ4v) is 5.88. The predicted molar refractivity (Wildman–Crippen MR) is 159 cm³/mol. The van der Waals surface area contributed by atoms with Crippen molar-refractivity contribution >= 4 is 17.4 Å². The van der Waals surface area contributed by atoms with Crippen LogP contribution >= 0.6 is 0 Å². The van der Waals surface area contributed by atoms with Gasteiger partial charge < -0.3 is 29.0 Å². The lowest BCUT2D eigenvalue weighted by molar-refractivity contribution is -0.140. The average molecular weight is 579 g/mol. The van der Waals surface area contributed by atoms with E-state index in [1.54, 1.807) is 11.0 Å². The molecule has 226 valence electrons. The average Bonchev–Trinajstić information content (AvgIpc) is 3.49. The number of carbonyl (C=O) groups excluding carboxylic acids is 2. The Labute approximate surface area is 248 Å². The van der Waals surface area contributed by atoms with Gasteiger partial charge in [-0.25, -0.2) is 0 Å². The highest BCUT2D eigenvalue weighted by Crippen LogP contribution is 2.43. The van der Waals surface area contributed by atoms with E-state index in [2.05, 4.69) is 11.8 Å². The lowest BCUT2D eigenvalue weighted by Crippen LogP contribution is -2.39. The minimum Gasteiger partial charge on any atom is -0.507 e. The number of hydrogen-bond donors (Lipinski definition) is 1. The third-order valence-corrected chi connectivity index (χ3v) is 8.03.